The summed E-state index contributed by atoms with van der Waals surface area (Å²) >= 11 is 6.36. The first-order valence-electron chi connectivity index (χ1n) is 15.4. The number of rotatable bonds is 10. The van der Waals surface area contributed by atoms with Crippen LogP contribution in [-0.2, 0) is 16.5 Å². The van der Waals surface area contributed by atoms with Crippen LogP contribution in [0.2, 0.25) is 5.02 Å². The Labute approximate surface area is 289 Å². The number of carbonyl (C=O) groups is 2. The van der Waals surface area contributed by atoms with Gasteiger partial charge in [0.25, 0.3) is 5.56 Å². The maximum absolute atomic E-state index is 13.7. The van der Waals surface area contributed by atoms with Crippen LogP contribution in [0.1, 0.15) is 86.4 Å². The number of aryl methyl sites for hydroxylation is 1. The van der Waals surface area contributed by atoms with E-state index in [4.69, 9.17) is 30.9 Å². The van der Waals surface area contributed by atoms with E-state index in [1.54, 1.807) is 59.0 Å². The van der Waals surface area contributed by atoms with Crippen LogP contribution in [0.15, 0.2) is 47.5 Å². The number of hydrogen-bond donors (Lipinski definition) is 1. The van der Waals surface area contributed by atoms with Crippen LogP contribution in [0.25, 0.3) is 5.69 Å². The Balaban J connectivity index is 2.01. The zero-order valence-corrected chi connectivity index (χ0v) is 29.6. The average molecular weight is 691 g/mol. The number of methoxy groups -OCH3 is 1. The number of halogens is 1. The number of esters is 1. The minimum Gasteiger partial charge on any atom is -0.479 e. The molecule has 0 saturated carbocycles. The lowest BCUT2D eigenvalue weighted by atomic mass is 9.91. The van der Waals surface area contributed by atoms with E-state index in [1.165, 1.54) is 41.9 Å². The van der Waals surface area contributed by atoms with Gasteiger partial charge in [-0.05, 0) is 57.4 Å². The van der Waals surface area contributed by atoms with Crippen LogP contribution in [0.5, 0.6) is 5.88 Å². The molecule has 0 spiro atoms. The van der Waals surface area contributed by atoms with Crippen LogP contribution in [0.3, 0.4) is 0 Å². The van der Waals surface area contributed by atoms with Gasteiger partial charge in [0.1, 0.15) is 17.0 Å². The zero-order chi connectivity index (χ0) is 36.2. The van der Waals surface area contributed by atoms with Gasteiger partial charge in [0.15, 0.2) is 5.69 Å². The fourth-order valence-electron chi connectivity index (χ4n) is 5.04. The van der Waals surface area contributed by atoms with Crippen molar-refractivity contribution >= 4 is 35.3 Å². The fraction of sp³-hybridized carbons (Fsp3) is 0.382. The molecule has 0 aliphatic carbocycles. The molecule has 0 bridgehead atoms. The largest absolute Gasteiger partial charge is 0.479 e. The number of nitrogens with one attached hydrogen (secondary N) is 1. The van der Waals surface area contributed by atoms with Gasteiger partial charge in [-0.1, -0.05) is 37.6 Å². The van der Waals surface area contributed by atoms with Crippen molar-refractivity contribution in [1.29, 1.82) is 5.26 Å². The number of nitrogens with zero attached hydrogens (tertiary/aromatic N) is 7. The van der Waals surface area contributed by atoms with Crippen molar-refractivity contribution in [1.82, 2.24) is 24.3 Å². The summed E-state index contributed by atoms with van der Waals surface area (Å²) in [6.45, 7) is 10.8. The summed E-state index contributed by atoms with van der Waals surface area (Å²) in [6, 6.07) is 9.48. The van der Waals surface area contributed by atoms with Crippen LogP contribution in [0.4, 0.5) is 16.4 Å². The van der Waals surface area contributed by atoms with Gasteiger partial charge >= 0.3 is 12.1 Å². The van der Waals surface area contributed by atoms with E-state index >= 15 is 0 Å². The Morgan fingerprint density at radius 1 is 1.18 bits per heavy atom. The van der Waals surface area contributed by atoms with Crippen molar-refractivity contribution < 1.29 is 23.8 Å². The third kappa shape index (κ3) is 8.01. The molecule has 1 atom stereocenters. The summed E-state index contributed by atoms with van der Waals surface area (Å²) in [7, 11) is 4.46. The first-order chi connectivity index (χ1) is 23.1. The molecule has 3 heterocycles. The second kappa shape index (κ2) is 14.8. The number of amides is 1. The molecule has 3 aromatic heterocycles. The minimum atomic E-state index is -0.867. The summed E-state index contributed by atoms with van der Waals surface area (Å²) in [4.78, 5) is 49.7. The summed E-state index contributed by atoms with van der Waals surface area (Å²) in [5.41, 5.74) is 1.26. The van der Waals surface area contributed by atoms with Crippen molar-refractivity contribution in [2.75, 3.05) is 31.0 Å². The molecule has 0 aliphatic heterocycles. The lowest BCUT2D eigenvalue weighted by molar-refractivity contribution is 0.0516. The monoisotopic (exact) mass is 690 g/mol. The molecular weight excluding hydrogens is 652 g/mol. The molecule has 1 amide bonds. The number of anilines is 2. The van der Waals surface area contributed by atoms with Crippen LogP contribution >= 0.6 is 11.6 Å². The van der Waals surface area contributed by atoms with Gasteiger partial charge in [-0.3, -0.25) is 4.79 Å². The number of aromatic nitrogens is 5. The van der Waals surface area contributed by atoms with Gasteiger partial charge in [-0.15, -0.1) is 0 Å². The first-order valence-corrected chi connectivity index (χ1v) is 15.8. The lowest BCUT2D eigenvalue weighted by Gasteiger charge is -2.24. The Hall–Kier alpha value is -5.42. The number of carbonyl (C=O) groups excluding carboxylic acids is 2. The van der Waals surface area contributed by atoms with Crippen molar-refractivity contribution in [2.45, 2.75) is 59.1 Å². The smallest absolute Gasteiger partial charge is 0.416 e. The van der Waals surface area contributed by atoms with Crippen LogP contribution < -0.4 is 20.5 Å². The standard InChI is InChI=1S/C34H39ClN8O6/c1-10-48-31(45)27-25(26(21-13-11-20(16-36)12-14-21)38-23-15-22(35)18-41(7)30(23)44)28(19(2)3)43(40-27)24-17-37-32(39-29(24)47-9)42(8)33(46)49-34(4,5)6/h11-15,17-19,26,38H,10H2,1-9H3. The average Bonchev–Trinajstić information content (AvgIpc) is 3.45. The van der Waals surface area contributed by atoms with Gasteiger partial charge in [-0.25, -0.2) is 24.2 Å². The quantitative estimate of drug-likeness (QED) is 0.201. The SMILES string of the molecule is CCOC(=O)c1nn(-c2cnc(N(C)C(=O)OC(C)(C)C)nc2OC)c(C(C)C)c1C(Nc1cc(Cl)cn(C)c1=O)c1ccc(C#N)cc1. The summed E-state index contributed by atoms with van der Waals surface area (Å²) in [6.07, 6.45) is 2.25. The second-order valence-corrected chi connectivity index (χ2v) is 12.8. The Kier molecular flexibility index (Phi) is 11.0. The highest BCUT2D eigenvalue weighted by molar-refractivity contribution is 6.30. The topological polar surface area (TPSA) is 166 Å². The third-order valence-electron chi connectivity index (χ3n) is 7.20. The Morgan fingerprint density at radius 2 is 1.86 bits per heavy atom. The molecule has 0 saturated heterocycles. The van der Waals surface area contributed by atoms with Gasteiger partial charge < -0.3 is 24.1 Å². The Morgan fingerprint density at radius 3 is 2.43 bits per heavy atom. The van der Waals surface area contributed by atoms with Gasteiger partial charge in [-0.2, -0.15) is 15.3 Å². The molecule has 15 heteroatoms. The van der Waals surface area contributed by atoms with Crippen LogP contribution in [-0.4, -0.2) is 62.7 Å². The molecule has 1 N–H and O–H groups in total. The molecule has 1 unspecified atom stereocenters. The van der Waals surface area contributed by atoms with E-state index in [0.717, 1.165) is 4.90 Å². The predicted octanol–water partition coefficient (Wildman–Crippen LogP) is 5.77. The highest BCUT2D eigenvalue weighted by Crippen LogP contribution is 2.38. The molecule has 4 aromatic rings. The summed E-state index contributed by atoms with van der Waals surface area (Å²) in [5.74, 6) is -0.936. The van der Waals surface area contributed by atoms with Crippen molar-refractivity contribution in [3.63, 3.8) is 0 Å². The third-order valence-corrected chi connectivity index (χ3v) is 7.41. The second-order valence-electron chi connectivity index (χ2n) is 12.3. The number of pyridine rings is 1. The molecule has 0 aliphatic rings. The van der Waals surface area contributed by atoms with Gasteiger partial charge in [0, 0.05) is 25.9 Å². The number of ether oxygens (including phenoxy) is 3. The molecule has 0 fully saturated rings. The highest BCUT2D eigenvalue weighted by Gasteiger charge is 2.34. The summed E-state index contributed by atoms with van der Waals surface area (Å²) < 4.78 is 19.4. The number of nitriles is 1. The zero-order valence-electron chi connectivity index (χ0n) is 28.9. The number of hydrogen-bond acceptors (Lipinski definition) is 11. The predicted molar refractivity (Wildman–Crippen MR) is 184 cm³/mol. The normalized spacial score (nSPS) is 11.9. The number of benzene rings is 1. The molecule has 4 rings (SSSR count). The van der Waals surface area contributed by atoms with E-state index in [0.29, 0.717) is 27.4 Å². The molecule has 14 nitrogen and oxygen atoms in total. The van der Waals surface area contributed by atoms with E-state index < -0.39 is 23.7 Å². The fourth-order valence-corrected chi connectivity index (χ4v) is 5.29. The molecule has 0 radical (unpaired) electrons. The first kappa shape index (κ1) is 36.4. The minimum absolute atomic E-state index is 0.00729. The highest BCUT2D eigenvalue weighted by atomic mass is 35.5. The lowest BCUT2D eigenvalue weighted by Crippen LogP contribution is -2.35. The van der Waals surface area contributed by atoms with E-state index in [2.05, 4.69) is 21.4 Å². The molecular formula is C34H39ClN8O6. The van der Waals surface area contributed by atoms with E-state index in [9.17, 15) is 19.6 Å². The molecule has 1 aromatic carbocycles. The Bertz CT molecular complexity index is 1960. The maximum Gasteiger partial charge on any atom is 0.416 e. The van der Waals surface area contributed by atoms with Gasteiger partial charge in [0.2, 0.25) is 11.8 Å². The van der Waals surface area contributed by atoms with Crippen LogP contribution in [0, 0.1) is 11.3 Å². The molecule has 258 valence electrons. The van der Waals surface area contributed by atoms with Crippen molar-refractivity contribution in [3.05, 3.63) is 86.2 Å². The van der Waals surface area contributed by atoms with Crippen molar-refractivity contribution in [2.24, 2.45) is 7.05 Å². The summed E-state index contributed by atoms with van der Waals surface area (Å²) in [5, 5.41) is 17.8. The molecule has 49 heavy (non-hydrogen) atoms. The van der Waals surface area contributed by atoms with E-state index in [-0.39, 0.29) is 47.0 Å². The maximum atomic E-state index is 13.7. The van der Waals surface area contributed by atoms with Gasteiger partial charge in [0.05, 0.1) is 48.3 Å². The van der Waals surface area contributed by atoms with Crippen molar-refractivity contribution in [3.8, 4) is 17.6 Å². The van der Waals surface area contributed by atoms with E-state index in [1.807, 2.05) is 13.8 Å².